The Morgan fingerprint density at radius 2 is 1.67 bits per heavy atom. The molecule has 7 heterocycles. The van der Waals surface area contributed by atoms with Crippen molar-refractivity contribution in [1.29, 1.82) is 0 Å². The van der Waals surface area contributed by atoms with E-state index in [4.69, 9.17) is 14.7 Å². The number of aliphatic hydroxyl groups is 1. The summed E-state index contributed by atoms with van der Waals surface area (Å²) in [5, 5.41) is 25.7. The molecule has 7 aliphatic rings. The number of aryl methyl sites for hydroxylation is 1. The highest BCUT2D eigenvalue weighted by Gasteiger charge is 2.51. The zero-order valence-corrected chi connectivity index (χ0v) is 41.3. The Bertz CT molecular complexity index is 3010. The van der Waals surface area contributed by atoms with Crippen LogP contribution < -0.4 is 19.9 Å². The number of aromatic nitrogens is 3. The molecule has 0 bridgehead atoms. The van der Waals surface area contributed by atoms with E-state index in [0.717, 1.165) is 87.9 Å². The molecule has 12 rings (SSSR count). The fourth-order valence-electron chi connectivity index (χ4n) is 13.5. The summed E-state index contributed by atoms with van der Waals surface area (Å²) < 4.78 is 38.8. The highest BCUT2D eigenvalue weighted by molar-refractivity contribution is 6.06. The number of hydrogen-bond acceptors (Lipinski definition) is 12. The molecule has 378 valence electrons. The van der Waals surface area contributed by atoms with Crippen LogP contribution in [0.4, 0.5) is 20.3 Å². The van der Waals surface area contributed by atoms with Crippen LogP contribution in [-0.4, -0.2) is 117 Å². The van der Waals surface area contributed by atoms with Crippen LogP contribution in [0.3, 0.4) is 0 Å². The van der Waals surface area contributed by atoms with Crippen molar-refractivity contribution in [2.24, 2.45) is 22.7 Å². The SMILES string of the molecule is CCc1c(F)ccc2cc(O)cc(-c3ncc4c(N5CCC[C@@](C)(O)C5)nc(OCC5(CN6CCC7(CC6)CC(C6CCN(c8ccc9c(c8)CN(C8CCC(=O)NC8=O)C9=O)CC6)C7)CC5)nc4c3F)c12. The second-order valence-electron chi connectivity index (χ2n) is 22.8. The number of carbonyl (C=O) groups excluding carboxylic acids is 3. The number of nitrogens with one attached hydrogen (secondary N) is 1. The summed E-state index contributed by atoms with van der Waals surface area (Å²) in [7, 11) is 0. The molecular formula is C56H64F2N8O6. The fourth-order valence-corrected chi connectivity index (χ4v) is 13.5. The average Bonchev–Trinajstić information content (AvgIpc) is 4.05. The summed E-state index contributed by atoms with van der Waals surface area (Å²) in [4.78, 5) is 60.3. The van der Waals surface area contributed by atoms with E-state index in [0.29, 0.717) is 84.0 Å². The van der Waals surface area contributed by atoms with Crippen molar-refractivity contribution in [3.05, 3.63) is 77.0 Å². The summed E-state index contributed by atoms with van der Waals surface area (Å²) >= 11 is 0. The Labute approximate surface area is 418 Å². The Balaban J connectivity index is 0.677. The number of amides is 3. The summed E-state index contributed by atoms with van der Waals surface area (Å²) in [6.45, 7) is 10.4. The van der Waals surface area contributed by atoms with E-state index in [-0.39, 0.29) is 58.1 Å². The molecule has 1 unspecified atom stereocenters. The van der Waals surface area contributed by atoms with Gasteiger partial charge in [0.15, 0.2) is 5.82 Å². The molecule has 4 saturated heterocycles. The molecule has 6 fully saturated rings. The molecule has 1 spiro atoms. The van der Waals surface area contributed by atoms with Crippen LogP contribution in [0.15, 0.2) is 48.7 Å². The van der Waals surface area contributed by atoms with Gasteiger partial charge in [0.25, 0.3) is 5.91 Å². The Morgan fingerprint density at radius 1 is 0.875 bits per heavy atom. The number of phenols is 1. The van der Waals surface area contributed by atoms with Crippen molar-refractivity contribution >= 4 is 50.9 Å². The first-order chi connectivity index (χ1) is 34.7. The van der Waals surface area contributed by atoms with Crippen LogP contribution in [0.1, 0.15) is 112 Å². The summed E-state index contributed by atoms with van der Waals surface area (Å²) in [5.74, 6) is -0.0801. The number of anilines is 2. The number of piperidine rings is 4. The Morgan fingerprint density at radius 3 is 2.40 bits per heavy atom. The second-order valence-corrected chi connectivity index (χ2v) is 22.8. The quantitative estimate of drug-likeness (QED) is 0.109. The van der Waals surface area contributed by atoms with Gasteiger partial charge in [-0.1, -0.05) is 13.0 Å². The molecule has 5 aliphatic heterocycles. The number of ether oxygens (including phenoxy) is 1. The van der Waals surface area contributed by atoms with Crippen molar-refractivity contribution in [2.45, 2.75) is 116 Å². The van der Waals surface area contributed by atoms with E-state index < -0.39 is 23.3 Å². The zero-order valence-electron chi connectivity index (χ0n) is 41.3. The van der Waals surface area contributed by atoms with Gasteiger partial charge in [-0.3, -0.25) is 24.7 Å². The van der Waals surface area contributed by atoms with Crippen LogP contribution in [-0.2, 0) is 22.6 Å². The molecule has 3 aromatic carbocycles. The lowest BCUT2D eigenvalue weighted by molar-refractivity contribution is -0.136. The average molecular weight is 983 g/mol. The van der Waals surface area contributed by atoms with Gasteiger partial charge < -0.3 is 34.5 Å². The minimum atomic E-state index is -0.962. The van der Waals surface area contributed by atoms with Crippen LogP contribution in [0, 0.1) is 34.3 Å². The molecule has 2 atom stereocenters. The van der Waals surface area contributed by atoms with Gasteiger partial charge >= 0.3 is 6.01 Å². The minimum absolute atomic E-state index is 0.0195. The topological polar surface area (TPSA) is 165 Å². The summed E-state index contributed by atoms with van der Waals surface area (Å²) in [5.41, 5.74) is 2.81. The molecule has 3 amide bonds. The number of pyridine rings is 1. The number of β-amino-alcohol motifs (C(OH)–C–C–N with tert-alkyl or cyclic N) is 1. The lowest BCUT2D eigenvalue weighted by Gasteiger charge is -2.55. The Kier molecular flexibility index (Phi) is 11.7. The smallest absolute Gasteiger partial charge is 0.319 e. The number of hydrogen-bond donors (Lipinski definition) is 3. The normalized spacial score (nSPS) is 24.5. The van der Waals surface area contributed by atoms with Gasteiger partial charge in [0.1, 0.15) is 34.6 Å². The molecule has 0 radical (unpaired) electrons. The van der Waals surface area contributed by atoms with Gasteiger partial charge in [0, 0.05) is 74.1 Å². The molecular weight excluding hydrogens is 919 g/mol. The third-order valence-electron chi connectivity index (χ3n) is 17.8. The third-order valence-corrected chi connectivity index (χ3v) is 17.8. The molecule has 2 aliphatic carbocycles. The number of nitrogens with zero attached hydrogens (tertiary/aromatic N) is 7. The van der Waals surface area contributed by atoms with Crippen molar-refractivity contribution < 1.29 is 38.1 Å². The standard InChI is InChI=1S/C56H64F2N8O6/c1-3-39-43(57)8-5-34-24-38(67)25-41(46(34)39)48-47(58)49-42(28-59-48)50(65-18-4-13-54(2,71)30-65)62-53(61-49)72-32-56(14-15-56)31-63-21-16-55(17-22-63)26-36(27-55)33-11-19-64(20-12-33)37-6-7-40-35(23-37)29-66(52(40)70)44-9-10-45(68)60-51(44)69/h5-8,23-25,28,33,36,44,67,71H,3-4,9-22,26-27,29-32H2,1-2H3,(H,60,68,69)/t44?,54-/m1/s1. The number of likely N-dealkylation sites (tertiary alicyclic amines) is 1. The van der Waals surface area contributed by atoms with Crippen molar-refractivity contribution in [1.82, 2.24) is 30.1 Å². The number of phenolic OH excluding ortho intramolecular Hbond substituents is 1. The van der Waals surface area contributed by atoms with E-state index in [1.165, 1.54) is 37.8 Å². The van der Waals surface area contributed by atoms with Gasteiger partial charge in [0.2, 0.25) is 11.8 Å². The van der Waals surface area contributed by atoms with Crippen molar-refractivity contribution in [3.8, 4) is 23.0 Å². The van der Waals surface area contributed by atoms with Gasteiger partial charge in [-0.25, -0.2) is 8.78 Å². The van der Waals surface area contributed by atoms with Gasteiger partial charge in [-0.15, -0.1) is 0 Å². The number of aromatic hydroxyl groups is 1. The number of imide groups is 1. The number of benzene rings is 3. The van der Waals surface area contributed by atoms with Gasteiger partial charge in [-0.05, 0) is 173 Å². The minimum Gasteiger partial charge on any atom is -0.508 e. The number of halogens is 2. The van der Waals surface area contributed by atoms with E-state index in [2.05, 4.69) is 26.2 Å². The number of rotatable bonds is 11. The third kappa shape index (κ3) is 8.59. The maximum Gasteiger partial charge on any atom is 0.319 e. The van der Waals surface area contributed by atoms with Crippen molar-refractivity contribution in [2.75, 3.05) is 62.2 Å². The van der Waals surface area contributed by atoms with Crippen LogP contribution in [0.2, 0.25) is 0 Å². The van der Waals surface area contributed by atoms with Crippen LogP contribution in [0.25, 0.3) is 32.9 Å². The van der Waals surface area contributed by atoms with E-state index in [1.807, 2.05) is 24.0 Å². The lowest BCUT2D eigenvalue weighted by atomic mass is 9.53. The number of carbonyl (C=O) groups is 3. The maximum atomic E-state index is 17.2. The largest absolute Gasteiger partial charge is 0.508 e. The molecule has 16 heteroatoms. The predicted octanol–water partition coefficient (Wildman–Crippen LogP) is 8.07. The second kappa shape index (κ2) is 17.9. The van der Waals surface area contributed by atoms with Crippen LogP contribution in [0.5, 0.6) is 11.8 Å². The first-order valence-electron chi connectivity index (χ1n) is 26.3. The molecule has 72 heavy (non-hydrogen) atoms. The predicted molar refractivity (Wildman–Crippen MR) is 269 cm³/mol. The van der Waals surface area contributed by atoms with E-state index in [1.54, 1.807) is 30.2 Å². The van der Waals surface area contributed by atoms with E-state index >= 15 is 8.78 Å². The summed E-state index contributed by atoms with van der Waals surface area (Å²) in [6.07, 6.45) is 13.3. The monoisotopic (exact) mass is 982 g/mol. The lowest BCUT2D eigenvalue weighted by Crippen LogP contribution is -2.52. The summed E-state index contributed by atoms with van der Waals surface area (Å²) in [6, 6.07) is 11.5. The van der Waals surface area contributed by atoms with E-state index in [9.17, 15) is 24.6 Å². The first-order valence-corrected chi connectivity index (χ1v) is 26.3. The van der Waals surface area contributed by atoms with Gasteiger partial charge in [0.05, 0.1) is 17.6 Å². The fraction of sp³-hybridized carbons (Fsp3) is 0.536. The zero-order chi connectivity index (χ0) is 49.7. The van der Waals surface area contributed by atoms with Crippen LogP contribution >= 0.6 is 0 Å². The van der Waals surface area contributed by atoms with Crippen molar-refractivity contribution in [3.63, 3.8) is 0 Å². The molecule has 2 saturated carbocycles. The Hall–Kier alpha value is -6.00. The molecule has 14 nitrogen and oxygen atoms in total. The number of fused-ring (bicyclic) bond motifs is 3. The molecule has 3 N–H and O–H groups in total. The highest BCUT2D eigenvalue weighted by Crippen LogP contribution is 2.57. The molecule has 2 aromatic heterocycles. The highest BCUT2D eigenvalue weighted by atomic mass is 19.1. The molecule has 5 aromatic rings. The first kappa shape index (κ1) is 47.0. The maximum absolute atomic E-state index is 17.2. The van der Waals surface area contributed by atoms with Gasteiger partial charge in [-0.2, -0.15) is 9.97 Å².